The maximum atomic E-state index is 12.7. The summed E-state index contributed by atoms with van der Waals surface area (Å²) in [4.78, 5) is 12.6. The summed E-state index contributed by atoms with van der Waals surface area (Å²) in [6, 6.07) is 3.07. The molecule has 0 bridgehead atoms. The molecular formula is C12H14F3N3OS. The van der Waals surface area contributed by atoms with Crippen LogP contribution in [0.1, 0.15) is 11.1 Å². The molecule has 0 spiro atoms. The minimum absolute atomic E-state index is 0.0164. The number of thiocarbonyl (C=S) groups is 1. The van der Waals surface area contributed by atoms with Gasteiger partial charge in [0.05, 0.1) is 12.1 Å². The van der Waals surface area contributed by atoms with E-state index < -0.39 is 11.7 Å². The lowest BCUT2D eigenvalue weighted by molar-refractivity contribution is -0.137. The van der Waals surface area contributed by atoms with Gasteiger partial charge in [0.1, 0.15) is 4.99 Å². The van der Waals surface area contributed by atoms with Gasteiger partial charge in [0.25, 0.3) is 0 Å². The number of nitrogens with zero attached hydrogens (tertiary/aromatic N) is 1. The smallest absolute Gasteiger partial charge is 0.389 e. The first-order chi connectivity index (χ1) is 9.16. The third-order valence-electron chi connectivity index (χ3n) is 2.66. The first-order valence-corrected chi connectivity index (χ1v) is 6.00. The Labute approximate surface area is 119 Å². The zero-order valence-electron chi connectivity index (χ0n) is 10.9. The second kappa shape index (κ2) is 6.08. The molecule has 110 valence electrons. The lowest BCUT2D eigenvalue weighted by atomic mass is 10.1. The molecule has 1 rings (SSSR count). The largest absolute Gasteiger partial charge is 0.416 e. The number of hydrogen-bond donors (Lipinski definition) is 2. The molecule has 0 fully saturated rings. The van der Waals surface area contributed by atoms with Crippen LogP contribution in [0.15, 0.2) is 18.2 Å². The quantitative estimate of drug-likeness (QED) is 0.828. The Hall–Kier alpha value is -1.83. The molecule has 0 aromatic heterocycles. The Morgan fingerprint density at radius 2 is 2.05 bits per heavy atom. The molecule has 0 saturated carbocycles. The molecule has 0 heterocycles. The van der Waals surface area contributed by atoms with E-state index in [0.717, 1.165) is 12.1 Å². The fourth-order valence-electron chi connectivity index (χ4n) is 1.62. The summed E-state index contributed by atoms with van der Waals surface area (Å²) >= 11 is 4.78. The van der Waals surface area contributed by atoms with Crippen LogP contribution in [0.5, 0.6) is 0 Å². The minimum atomic E-state index is -4.47. The predicted octanol–water partition coefficient (Wildman–Crippen LogP) is 1.52. The Kier molecular flexibility index (Phi) is 4.93. The number of nitrogens with two attached hydrogens (primary N) is 1. The van der Waals surface area contributed by atoms with Crippen LogP contribution in [0.4, 0.5) is 18.9 Å². The van der Waals surface area contributed by atoms with Crippen molar-refractivity contribution in [3.63, 3.8) is 0 Å². The van der Waals surface area contributed by atoms with Crippen molar-refractivity contribution in [1.29, 1.82) is 0 Å². The Morgan fingerprint density at radius 3 is 2.50 bits per heavy atom. The number of benzene rings is 1. The molecule has 0 aliphatic heterocycles. The van der Waals surface area contributed by atoms with Crippen molar-refractivity contribution >= 4 is 28.8 Å². The number of nitrogens with one attached hydrogen (secondary N) is 1. The number of likely N-dealkylation sites (N-methyl/N-ethyl adjacent to an activating group) is 2. The number of amides is 1. The summed E-state index contributed by atoms with van der Waals surface area (Å²) < 4.78 is 38.0. The molecule has 1 aromatic rings. The minimum Gasteiger partial charge on any atom is -0.389 e. The summed E-state index contributed by atoms with van der Waals surface area (Å²) in [5.74, 6) is -0.277. The highest BCUT2D eigenvalue weighted by Gasteiger charge is 2.31. The van der Waals surface area contributed by atoms with Crippen LogP contribution < -0.4 is 16.0 Å². The average molecular weight is 305 g/mol. The molecule has 1 aromatic carbocycles. The van der Waals surface area contributed by atoms with E-state index in [1.165, 1.54) is 18.0 Å². The summed E-state index contributed by atoms with van der Waals surface area (Å²) in [6.45, 7) is -0.0164. The van der Waals surface area contributed by atoms with Gasteiger partial charge in [-0.2, -0.15) is 13.2 Å². The summed E-state index contributed by atoms with van der Waals surface area (Å²) in [5, 5.41) is 2.43. The predicted molar refractivity (Wildman–Crippen MR) is 74.7 cm³/mol. The SMILES string of the molecule is CNC(=O)CN(C)c1ccc(C(F)(F)F)cc1C(N)=S. The second-order valence-electron chi connectivity index (χ2n) is 4.12. The first kappa shape index (κ1) is 16.2. The number of carbonyl (C=O) groups excluding carboxylic acids is 1. The van der Waals surface area contributed by atoms with Crippen LogP contribution in [-0.4, -0.2) is 31.5 Å². The number of alkyl halides is 3. The van der Waals surface area contributed by atoms with Crippen molar-refractivity contribution in [2.75, 3.05) is 25.5 Å². The van der Waals surface area contributed by atoms with Gasteiger partial charge in [-0.3, -0.25) is 4.79 Å². The summed E-state index contributed by atoms with van der Waals surface area (Å²) in [5.41, 5.74) is 5.08. The number of carbonyl (C=O) groups is 1. The van der Waals surface area contributed by atoms with E-state index in [4.69, 9.17) is 18.0 Å². The van der Waals surface area contributed by atoms with Gasteiger partial charge < -0.3 is 16.0 Å². The van der Waals surface area contributed by atoms with Gasteiger partial charge in [-0.1, -0.05) is 12.2 Å². The highest BCUT2D eigenvalue weighted by Crippen LogP contribution is 2.32. The molecule has 8 heteroatoms. The van der Waals surface area contributed by atoms with Crippen molar-refractivity contribution in [2.45, 2.75) is 6.18 Å². The molecule has 0 radical (unpaired) electrons. The van der Waals surface area contributed by atoms with Gasteiger partial charge in [-0.05, 0) is 18.2 Å². The molecule has 20 heavy (non-hydrogen) atoms. The zero-order valence-corrected chi connectivity index (χ0v) is 11.7. The number of anilines is 1. The van der Waals surface area contributed by atoms with Crippen molar-refractivity contribution in [3.05, 3.63) is 29.3 Å². The summed E-state index contributed by atoms with van der Waals surface area (Å²) in [7, 11) is 3.04. The maximum Gasteiger partial charge on any atom is 0.416 e. The zero-order chi connectivity index (χ0) is 15.5. The van der Waals surface area contributed by atoms with Crippen LogP contribution in [0.2, 0.25) is 0 Å². The first-order valence-electron chi connectivity index (χ1n) is 5.59. The Balaban J connectivity index is 3.20. The van der Waals surface area contributed by atoms with E-state index in [0.29, 0.717) is 5.69 Å². The van der Waals surface area contributed by atoms with Crippen LogP contribution in [0.3, 0.4) is 0 Å². The van der Waals surface area contributed by atoms with Crippen molar-refractivity contribution in [1.82, 2.24) is 5.32 Å². The molecule has 0 atom stereocenters. The third-order valence-corrected chi connectivity index (χ3v) is 2.88. The van der Waals surface area contributed by atoms with Gasteiger partial charge in [-0.15, -0.1) is 0 Å². The molecule has 0 aliphatic rings. The van der Waals surface area contributed by atoms with E-state index in [1.807, 2.05) is 0 Å². The van der Waals surface area contributed by atoms with Crippen molar-refractivity contribution in [3.8, 4) is 0 Å². The molecule has 0 aliphatic carbocycles. The highest BCUT2D eigenvalue weighted by atomic mass is 32.1. The topological polar surface area (TPSA) is 58.4 Å². The number of hydrogen-bond acceptors (Lipinski definition) is 3. The van der Waals surface area contributed by atoms with Gasteiger partial charge >= 0.3 is 6.18 Å². The van der Waals surface area contributed by atoms with E-state index in [1.54, 1.807) is 7.05 Å². The average Bonchev–Trinajstić information content (AvgIpc) is 2.36. The number of halogens is 3. The highest BCUT2D eigenvalue weighted by molar-refractivity contribution is 7.80. The van der Waals surface area contributed by atoms with Crippen LogP contribution >= 0.6 is 12.2 Å². The fourth-order valence-corrected chi connectivity index (χ4v) is 1.79. The van der Waals surface area contributed by atoms with Crippen LogP contribution in [0.25, 0.3) is 0 Å². The summed E-state index contributed by atoms with van der Waals surface area (Å²) in [6.07, 6.45) is -4.47. The Morgan fingerprint density at radius 1 is 1.45 bits per heavy atom. The number of rotatable bonds is 4. The molecule has 1 amide bonds. The van der Waals surface area contributed by atoms with Crippen molar-refractivity contribution in [2.24, 2.45) is 5.73 Å². The van der Waals surface area contributed by atoms with Gasteiger partial charge in [-0.25, -0.2) is 0 Å². The normalized spacial score (nSPS) is 11.1. The van der Waals surface area contributed by atoms with Crippen LogP contribution in [-0.2, 0) is 11.0 Å². The van der Waals surface area contributed by atoms with Gasteiger partial charge in [0.15, 0.2) is 0 Å². The maximum absolute atomic E-state index is 12.7. The van der Waals surface area contributed by atoms with E-state index in [9.17, 15) is 18.0 Å². The molecular weight excluding hydrogens is 291 g/mol. The second-order valence-corrected chi connectivity index (χ2v) is 4.56. The van der Waals surface area contributed by atoms with Crippen molar-refractivity contribution < 1.29 is 18.0 Å². The fraction of sp³-hybridized carbons (Fsp3) is 0.333. The van der Waals surface area contributed by atoms with E-state index >= 15 is 0 Å². The Bertz CT molecular complexity index is 531. The van der Waals surface area contributed by atoms with E-state index in [2.05, 4.69) is 5.32 Å². The standard InChI is InChI=1S/C12H14F3N3OS/c1-17-10(19)6-18(2)9-4-3-7(12(13,14)15)5-8(9)11(16)20/h3-5H,6H2,1-2H3,(H2,16,20)(H,17,19). The molecule has 0 saturated heterocycles. The molecule has 4 nitrogen and oxygen atoms in total. The molecule has 0 unspecified atom stereocenters. The van der Waals surface area contributed by atoms with E-state index in [-0.39, 0.29) is 23.0 Å². The molecule has 3 N–H and O–H groups in total. The lowest BCUT2D eigenvalue weighted by Crippen LogP contribution is -2.34. The van der Waals surface area contributed by atoms with Gasteiger partial charge in [0, 0.05) is 25.3 Å². The lowest BCUT2D eigenvalue weighted by Gasteiger charge is -2.22. The monoisotopic (exact) mass is 305 g/mol. The third kappa shape index (κ3) is 3.83. The van der Waals surface area contributed by atoms with Gasteiger partial charge in [0.2, 0.25) is 5.91 Å². The van der Waals surface area contributed by atoms with Crippen LogP contribution in [0, 0.1) is 0 Å².